The number of alkyl halides is 3. The summed E-state index contributed by atoms with van der Waals surface area (Å²) in [6.07, 6.45) is -5.07. The molecule has 7 nitrogen and oxygen atoms in total. The highest BCUT2D eigenvalue weighted by Crippen LogP contribution is 2.39. The maximum absolute atomic E-state index is 12.4. The topological polar surface area (TPSA) is 98.5 Å². The monoisotopic (exact) mass is 454 g/mol. The van der Waals surface area contributed by atoms with Crippen LogP contribution in [0.3, 0.4) is 0 Å². The first-order chi connectivity index (χ1) is 11.9. The third-order valence-corrected chi connectivity index (χ3v) is 5.05. The van der Waals surface area contributed by atoms with E-state index in [0.29, 0.717) is 6.07 Å². The first-order valence-corrected chi connectivity index (χ1v) is 9.00. The number of rotatable bonds is 5. The molecule has 12 heteroatoms. The molecule has 140 valence electrons. The number of benzene rings is 2. The maximum atomic E-state index is 12.4. The fraction of sp³-hybridized carbons (Fsp3) is 0.143. The normalized spacial score (nSPS) is 11.9. The summed E-state index contributed by atoms with van der Waals surface area (Å²) < 4.78 is 67.1. The summed E-state index contributed by atoms with van der Waals surface area (Å²) in [5.74, 6) is -0.873. The lowest BCUT2D eigenvalue weighted by Crippen LogP contribution is -2.18. The molecule has 0 heterocycles. The Bertz CT molecular complexity index is 946. The summed E-state index contributed by atoms with van der Waals surface area (Å²) in [7, 11) is -4.19. The van der Waals surface area contributed by atoms with Crippen molar-refractivity contribution in [2.75, 3.05) is 4.72 Å². The van der Waals surface area contributed by atoms with Crippen molar-refractivity contribution in [3.05, 3.63) is 56.5 Å². The molecule has 0 bridgehead atoms. The number of aryl methyl sites for hydroxylation is 1. The third kappa shape index (κ3) is 4.85. The zero-order chi connectivity index (χ0) is 19.7. The lowest BCUT2D eigenvalue weighted by molar-refractivity contribution is -0.384. The molecule has 26 heavy (non-hydrogen) atoms. The SMILES string of the molecule is Cc1ccc(S(=O)(=O)Nc2cc(Br)c(OC(F)(F)F)cc2[N+](=O)[O-])cc1. The molecular weight excluding hydrogens is 445 g/mol. The van der Waals surface area contributed by atoms with Gasteiger partial charge in [-0.3, -0.25) is 14.8 Å². The van der Waals surface area contributed by atoms with Crippen LogP contribution in [0.2, 0.25) is 0 Å². The Labute approximate surface area is 154 Å². The summed E-state index contributed by atoms with van der Waals surface area (Å²) >= 11 is 2.77. The number of hydrogen-bond donors (Lipinski definition) is 1. The molecule has 0 aliphatic rings. The summed E-state index contributed by atoms with van der Waals surface area (Å²) in [6.45, 7) is 1.74. The second-order valence-electron chi connectivity index (χ2n) is 5.02. The van der Waals surface area contributed by atoms with E-state index < -0.39 is 38.4 Å². The van der Waals surface area contributed by atoms with Crippen LogP contribution >= 0.6 is 15.9 Å². The van der Waals surface area contributed by atoms with E-state index in [1.807, 2.05) is 4.72 Å². The van der Waals surface area contributed by atoms with Crippen LogP contribution in [0.15, 0.2) is 45.8 Å². The number of nitro benzene ring substituents is 1. The van der Waals surface area contributed by atoms with Gasteiger partial charge in [0.1, 0.15) is 5.69 Å². The largest absolute Gasteiger partial charge is 0.573 e. The van der Waals surface area contributed by atoms with E-state index in [0.717, 1.165) is 11.6 Å². The molecule has 0 amide bonds. The molecule has 0 radical (unpaired) electrons. The van der Waals surface area contributed by atoms with Gasteiger partial charge in [-0.2, -0.15) is 0 Å². The van der Waals surface area contributed by atoms with Crippen LogP contribution in [-0.4, -0.2) is 19.7 Å². The molecule has 0 aromatic heterocycles. The van der Waals surface area contributed by atoms with E-state index in [4.69, 9.17) is 0 Å². The molecule has 0 spiro atoms. The summed E-state index contributed by atoms with van der Waals surface area (Å²) in [5, 5.41) is 11.1. The van der Waals surface area contributed by atoms with Crippen LogP contribution in [0.4, 0.5) is 24.5 Å². The van der Waals surface area contributed by atoms with Crippen molar-refractivity contribution >= 4 is 37.3 Å². The Morgan fingerprint density at radius 1 is 1.19 bits per heavy atom. The quantitative estimate of drug-likeness (QED) is 0.534. The molecule has 2 aromatic carbocycles. The minimum atomic E-state index is -5.07. The fourth-order valence-corrected chi connectivity index (χ4v) is 3.39. The fourth-order valence-electron chi connectivity index (χ4n) is 1.90. The molecule has 0 saturated heterocycles. The van der Waals surface area contributed by atoms with Gasteiger partial charge in [0.15, 0.2) is 5.75 Å². The van der Waals surface area contributed by atoms with Crippen LogP contribution in [0.5, 0.6) is 5.75 Å². The van der Waals surface area contributed by atoms with E-state index in [-0.39, 0.29) is 9.37 Å². The van der Waals surface area contributed by atoms with Crippen molar-refractivity contribution < 1.29 is 31.2 Å². The van der Waals surface area contributed by atoms with Gasteiger partial charge in [-0.15, -0.1) is 13.2 Å². The van der Waals surface area contributed by atoms with Gasteiger partial charge in [0, 0.05) is 0 Å². The summed E-state index contributed by atoms with van der Waals surface area (Å²) in [4.78, 5) is 9.95. The number of hydrogen-bond acceptors (Lipinski definition) is 5. The van der Waals surface area contributed by atoms with Gasteiger partial charge in [0.2, 0.25) is 0 Å². The highest BCUT2D eigenvalue weighted by molar-refractivity contribution is 9.10. The molecule has 0 fully saturated rings. The van der Waals surface area contributed by atoms with Crippen molar-refractivity contribution in [2.24, 2.45) is 0 Å². The van der Waals surface area contributed by atoms with Gasteiger partial charge in [-0.25, -0.2) is 8.42 Å². The van der Waals surface area contributed by atoms with Gasteiger partial charge in [0.25, 0.3) is 15.7 Å². The number of nitrogens with zero attached hydrogens (tertiary/aromatic N) is 1. The molecule has 0 saturated carbocycles. The van der Waals surface area contributed by atoms with E-state index in [1.54, 1.807) is 6.92 Å². The molecule has 0 atom stereocenters. The molecular formula is C14H10BrF3N2O5S. The lowest BCUT2D eigenvalue weighted by Gasteiger charge is -2.13. The zero-order valence-electron chi connectivity index (χ0n) is 12.9. The third-order valence-electron chi connectivity index (χ3n) is 3.05. The van der Waals surface area contributed by atoms with Gasteiger partial charge in [-0.05, 0) is 41.1 Å². The second-order valence-corrected chi connectivity index (χ2v) is 7.56. The Kier molecular flexibility index (Phi) is 5.47. The van der Waals surface area contributed by atoms with Crippen LogP contribution in [0.1, 0.15) is 5.56 Å². The zero-order valence-corrected chi connectivity index (χ0v) is 15.3. The standard InChI is InChI=1S/C14H10BrF3N2O5S/c1-8-2-4-9(5-3-8)26(23,24)19-11-6-10(15)13(25-14(16,17)18)7-12(11)20(21)22/h2-7,19H,1H3. The smallest absolute Gasteiger partial charge is 0.404 e. The number of anilines is 1. The summed E-state index contributed by atoms with van der Waals surface area (Å²) in [6, 6.07) is 6.94. The van der Waals surface area contributed by atoms with Gasteiger partial charge < -0.3 is 4.74 Å². The van der Waals surface area contributed by atoms with Crippen molar-refractivity contribution in [3.63, 3.8) is 0 Å². The second kappa shape index (κ2) is 7.11. The average molecular weight is 455 g/mol. The van der Waals surface area contributed by atoms with E-state index in [9.17, 15) is 31.7 Å². The van der Waals surface area contributed by atoms with Crippen molar-refractivity contribution in [1.82, 2.24) is 0 Å². The van der Waals surface area contributed by atoms with Crippen LogP contribution in [-0.2, 0) is 10.0 Å². The average Bonchev–Trinajstić information content (AvgIpc) is 2.48. The number of nitrogens with one attached hydrogen (secondary N) is 1. The van der Waals surface area contributed by atoms with Crippen molar-refractivity contribution in [2.45, 2.75) is 18.2 Å². The Morgan fingerprint density at radius 2 is 1.77 bits per heavy atom. The molecule has 2 rings (SSSR count). The Hall–Kier alpha value is -2.34. The van der Waals surface area contributed by atoms with Gasteiger partial charge in [0.05, 0.1) is 20.4 Å². The lowest BCUT2D eigenvalue weighted by atomic mass is 10.2. The van der Waals surface area contributed by atoms with E-state index in [2.05, 4.69) is 20.7 Å². The first-order valence-electron chi connectivity index (χ1n) is 6.72. The Morgan fingerprint density at radius 3 is 2.27 bits per heavy atom. The number of sulfonamides is 1. The number of halogens is 4. The van der Waals surface area contributed by atoms with Crippen molar-refractivity contribution in [3.8, 4) is 5.75 Å². The van der Waals surface area contributed by atoms with Gasteiger partial charge in [-0.1, -0.05) is 17.7 Å². The number of nitro groups is 1. The first kappa shape index (κ1) is 20.0. The number of ether oxygens (including phenoxy) is 1. The predicted molar refractivity (Wildman–Crippen MR) is 89.5 cm³/mol. The van der Waals surface area contributed by atoms with E-state index in [1.165, 1.54) is 24.3 Å². The van der Waals surface area contributed by atoms with Crippen LogP contribution < -0.4 is 9.46 Å². The highest BCUT2D eigenvalue weighted by Gasteiger charge is 2.34. The minimum absolute atomic E-state index is 0.163. The minimum Gasteiger partial charge on any atom is -0.404 e. The van der Waals surface area contributed by atoms with E-state index >= 15 is 0 Å². The van der Waals surface area contributed by atoms with Crippen LogP contribution in [0, 0.1) is 17.0 Å². The summed E-state index contributed by atoms with van der Waals surface area (Å²) in [5.41, 5.74) is -0.619. The predicted octanol–water partition coefficient (Wildman–Crippen LogP) is 4.37. The van der Waals surface area contributed by atoms with Crippen molar-refractivity contribution in [1.29, 1.82) is 0 Å². The Balaban J connectivity index is 2.47. The maximum Gasteiger partial charge on any atom is 0.573 e. The molecule has 0 unspecified atom stereocenters. The molecule has 2 aromatic rings. The van der Waals surface area contributed by atoms with Gasteiger partial charge >= 0.3 is 6.36 Å². The molecule has 1 N–H and O–H groups in total. The highest BCUT2D eigenvalue weighted by atomic mass is 79.9. The molecule has 0 aliphatic carbocycles. The molecule has 0 aliphatic heterocycles. The van der Waals surface area contributed by atoms with Crippen LogP contribution in [0.25, 0.3) is 0 Å².